The molecule has 0 radical (unpaired) electrons. The summed E-state index contributed by atoms with van der Waals surface area (Å²) in [7, 11) is 5.16. The molecule has 0 unspecified atom stereocenters. The van der Waals surface area contributed by atoms with E-state index in [9.17, 15) is 9.59 Å². The fraction of sp³-hybridized carbons (Fsp3) is 0.600. The fourth-order valence-electron chi connectivity index (χ4n) is 3.36. The van der Waals surface area contributed by atoms with E-state index in [1.165, 1.54) is 4.90 Å². The first-order valence-electron chi connectivity index (χ1n) is 9.49. The molecule has 0 saturated carbocycles. The largest absolute Gasteiger partial charge is 0.385 e. The van der Waals surface area contributed by atoms with Crippen LogP contribution in [0.15, 0.2) is 18.2 Å². The summed E-state index contributed by atoms with van der Waals surface area (Å²) < 4.78 is 5.09. The van der Waals surface area contributed by atoms with Crippen molar-refractivity contribution in [3.63, 3.8) is 0 Å². The Hall–Kier alpha value is -2.12. The standard InChI is InChI=1S/C20H32N4O3/c1-15-17(19(25)23(2)3)7-5-8-18(15)22-20(26)21-13-16-9-11-24(14-16)10-6-12-27-4/h5,7-8,16H,6,9-14H2,1-4H3,(H2,21,22,26)/t16-/m0/s1. The number of methoxy groups -OCH3 is 1. The summed E-state index contributed by atoms with van der Waals surface area (Å²) >= 11 is 0. The van der Waals surface area contributed by atoms with Crippen LogP contribution in [-0.2, 0) is 4.74 Å². The Balaban J connectivity index is 1.81. The minimum absolute atomic E-state index is 0.0731. The van der Waals surface area contributed by atoms with Crippen molar-refractivity contribution in [1.29, 1.82) is 0 Å². The molecule has 1 aromatic rings. The summed E-state index contributed by atoms with van der Waals surface area (Å²) in [6.45, 7) is 6.42. The number of anilines is 1. The molecule has 0 spiro atoms. The van der Waals surface area contributed by atoms with Crippen LogP contribution in [0.25, 0.3) is 0 Å². The van der Waals surface area contributed by atoms with Gasteiger partial charge in [-0.1, -0.05) is 6.07 Å². The van der Waals surface area contributed by atoms with Gasteiger partial charge in [-0.25, -0.2) is 4.79 Å². The molecular weight excluding hydrogens is 344 g/mol. The molecule has 1 aliphatic heterocycles. The van der Waals surface area contributed by atoms with Crippen LogP contribution < -0.4 is 10.6 Å². The number of carbonyl (C=O) groups is 2. The van der Waals surface area contributed by atoms with Crippen LogP contribution in [0.5, 0.6) is 0 Å². The van der Waals surface area contributed by atoms with Crippen molar-refractivity contribution in [1.82, 2.24) is 15.1 Å². The number of urea groups is 1. The second kappa shape index (κ2) is 10.3. The number of nitrogens with zero attached hydrogens (tertiary/aromatic N) is 2. The predicted octanol–water partition coefficient (Wildman–Crippen LogP) is 2.18. The molecule has 27 heavy (non-hydrogen) atoms. The normalized spacial score (nSPS) is 17.0. The van der Waals surface area contributed by atoms with Crippen LogP contribution in [0, 0.1) is 12.8 Å². The molecule has 1 saturated heterocycles. The number of benzene rings is 1. The zero-order valence-corrected chi connectivity index (χ0v) is 16.9. The maximum absolute atomic E-state index is 12.3. The third-order valence-corrected chi connectivity index (χ3v) is 4.96. The van der Waals surface area contributed by atoms with Gasteiger partial charge in [-0.15, -0.1) is 0 Å². The number of hydrogen-bond donors (Lipinski definition) is 2. The van der Waals surface area contributed by atoms with Gasteiger partial charge in [0.2, 0.25) is 0 Å². The number of rotatable bonds is 8. The van der Waals surface area contributed by atoms with Crippen molar-refractivity contribution in [3.8, 4) is 0 Å². The molecule has 1 heterocycles. The van der Waals surface area contributed by atoms with Gasteiger partial charge in [0.1, 0.15) is 0 Å². The number of likely N-dealkylation sites (tertiary alicyclic amines) is 1. The topological polar surface area (TPSA) is 73.9 Å². The number of hydrogen-bond acceptors (Lipinski definition) is 4. The Labute approximate surface area is 162 Å². The summed E-state index contributed by atoms with van der Waals surface area (Å²) in [6.07, 6.45) is 2.14. The van der Waals surface area contributed by atoms with E-state index in [4.69, 9.17) is 4.74 Å². The molecule has 2 N–H and O–H groups in total. The van der Waals surface area contributed by atoms with Crippen LogP contribution in [-0.4, -0.2) is 75.7 Å². The van der Waals surface area contributed by atoms with Gasteiger partial charge >= 0.3 is 6.03 Å². The first-order chi connectivity index (χ1) is 12.9. The molecule has 0 aliphatic carbocycles. The van der Waals surface area contributed by atoms with E-state index in [2.05, 4.69) is 15.5 Å². The maximum atomic E-state index is 12.3. The molecule has 1 aliphatic rings. The Morgan fingerprint density at radius 2 is 2.11 bits per heavy atom. The molecule has 1 fully saturated rings. The monoisotopic (exact) mass is 376 g/mol. The van der Waals surface area contributed by atoms with Crippen molar-refractivity contribution >= 4 is 17.6 Å². The molecule has 3 amide bonds. The Morgan fingerprint density at radius 1 is 1.33 bits per heavy atom. The SMILES string of the molecule is COCCCN1CC[C@@H](CNC(=O)Nc2cccc(C(=O)N(C)C)c2C)C1. The fourth-order valence-corrected chi connectivity index (χ4v) is 3.36. The van der Waals surface area contributed by atoms with Crippen LogP contribution in [0.3, 0.4) is 0 Å². The van der Waals surface area contributed by atoms with Crippen LogP contribution >= 0.6 is 0 Å². The van der Waals surface area contributed by atoms with Crippen LogP contribution in [0.1, 0.15) is 28.8 Å². The van der Waals surface area contributed by atoms with Gasteiger partial charge in [0.25, 0.3) is 5.91 Å². The Morgan fingerprint density at radius 3 is 2.81 bits per heavy atom. The molecule has 0 bridgehead atoms. The lowest BCUT2D eigenvalue weighted by molar-refractivity contribution is 0.0827. The summed E-state index contributed by atoms with van der Waals surface area (Å²) in [5.41, 5.74) is 2.03. The van der Waals surface area contributed by atoms with Gasteiger partial charge in [0.15, 0.2) is 0 Å². The lowest BCUT2D eigenvalue weighted by Crippen LogP contribution is -2.34. The van der Waals surface area contributed by atoms with Gasteiger partial charge in [-0.3, -0.25) is 4.79 Å². The van der Waals surface area contributed by atoms with Gasteiger partial charge in [-0.05, 0) is 49.9 Å². The molecule has 1 atom stereocenters. The quantitative estimate of drug-likeness (QED) is 0.682. The molecule has 7 nitrogen and oxygen atoms in total. The maximum Gasteiger partial charge on any atom is 0.319 e. The van der Waals surface area contributed by atoms with E-state index >= 15 is 0 Å². The van der Waals surface area contributed by atoms with Crippen molar-refractivity contribution in [2.75, 3.05) is 59.3 Å². The van der Waals surface area contributed by atoms with Crippen molar-refractivity contribution in [3.05, 3.63) is 29.3 Å². The smallest absolute Gasteiger partial charge is 0.319 e. The minimum Gasteiger partial charge on any atom is -0.385 e. The highest BCUT2D eigenvalue weighted by molar-refractivity contribution is 5.98. The minimum atomic E-state index is -0.231. The first-order valence-corrected chi connectivity index (χ1v) is 9.49. The van der Waals surface area contributed by atoms with E-state index in [0.29, 0.717) is 23.7 Å². The average Bonchev–Trinajstić information content (AvgIpc) is 3.09. The highest BCUT2D eigenvalue weighted by Gasteiger charge is 2.22. The molecular formula is C20H32N4O3. The Kier molecular flexibility index (Phi) is 8.06. The summed E-state index contributed by atoms with van der Waals surface area (Å²) in [4.78, 5) is 28.4. The first kappa shape index (κ1) is 21.2. The molecule has 7 heteroatoms. The number of ether oxygens (including phenoxy) is 1. The third-order valence-electron chi connectivity index (χ3n) is 4.96. The van der Waals surface area contributed by atoms with Gasteiger partial charge in [0, 0.05) is 58.7 Å². The van der Waals surface area contributed by atoms with Crippen molar-refractivity contribution < 1.29 is 14.3 Å². The van der Waals surface area contributed by atoms with E-state index in [0.717, 1.165) is 44.6 Å². The lowest BCUT2D eigenvalue weighted by atomic mass is 10.1. The summed E-state index contributed by atoms with van der Waals surface area (Å²) in [5.74, 6) is 0.400. The van der Waals surface area contributed by atoms with Gasteiger partial charge in [-0.2, -0.15) is 0 Å². The second-order valence-corrected chi connectivity index (χ2v) is 7.31. The van der Waals surface area contributed by atoms with E-state index < -0.39 is 0 Å². The van der Waals surface area contributed by atoms with E-state index in [1.807, 2.05) is 13.0 Å². The van der Waals surface area contributed by atoms with Crippen molar-refractivity contribution in [2.45, 2.75) is 19.8 Å². The predicted molar refractivity (Wildman–Crippen MR) is 107 cm³/mol. The number of amides is 3. The van der Waals surface area contributed by atoms with Gasteiger partial charge < -0.3 is 25.2 Å². The lowest BCUT2D eigenvalue weighted by Gasteiger charge is -2.17. The average molecular weight is 377 g/mol. The second-order valence-electron chi connectivity index (χ2n) is 7.31. The highest BCUT2D eigenvalue weighted by atomic mass is 16.5. The zero-order valence-electron chi connectivity index (χ0n) is 16.9. The molecule has 150 valence electrons. The number of carbonyl (C=O) groups excluding carboxylic acids is 2. The molecule has 1 aromatic carbocycles. The molecule has 2 rings (SSSR count). The molecule has 0 aromatic heterocycles. The van der Waals surface area contributed by atoms with Crippen LogP contribution in [0.4, 0.5) is 10.5 Å². The zero-order chi connectivity index (χ0) is 19.8. The van der Waals surface area contributed by atoms with E-state index in [1.54, 1.807) is 33.3 Å². The summed E-state index contributed by atoms with van der Waals surface area (Å²) in [6, 6.07) is 5.14. The Bertz CT molecular complexity index is 648. The highest BCUT2D eigenvalue weighted by Crippen LogP contribution is 2.20. The third kappa shape index (κ3) is 6.22. The summed E-state index contributed by atoms with van der Waals surface area (Å²) in [5, 5.41) is 5.83. The van der Waals surface area contributed by atoms with Crippen molar-refractivity contribution in [2.24, 2.45) is 5.92 Å². The number of nitrogens with one attached hydrogen (secondary N) is 2. The van der Waals surface area contributed by atoms with Gasteiger partial charge in [0.05, 0.1) is 0 Å². The van der Waals surface area contributed by atoms with E-state index in [-0.39, 0.29) is 11.9 Å². The van der Waals surface area contributed by atoms with Crippen LogP contribution in [0.2, 0.25) is 0 Å².